The number of ether oxygens (including phenoxy) is 1. The van der Waals surface area contributed by atoms with Crippen molar-refractivity contribution in [3.05, 3.63) is 65.1 Å². The van der Waals surface area contributed by atoms with Gasteiger partial charge in [0.15, 0.2) is 5.82 Å². The maximum absolute atomic E-state index is 14.3. The van der Waals surface area contributed by atoms with E-state index in [4.69, 9.17) is 4.74 Å². The summed E-state index contributed by atoms with van der Waals surface area (Å²) in [6.45, 7) is 8.83. The van der Waals surface area contributed by atoms with Crippen molar-refractivity contribution in [3.63, 3.8) is 0 Å². The van der Waals surface area contributed by atoms with Crippen molar-refractivity contribution >= 4 is 17.7 Å². The summed E-state index contributed by atoms with van der Waals surface area (Å²) < 4.78 is 46.5. The van der Waals surface area contributed by atoms with E-state index in [0.717, 1.165) is 23.8 Å². The molecule has 0 fully saturated rings. The molecule has 8 heteroatoms. The number of benzene rings is 1. The Balaban J connectivity index is 2.26. The fourth-order valence-corrected chi connectivity index (χ4v) is 3.56. The molecule has 2 aromatic rings. The summed E-state index contributed by atoms with van der Waals surface area (Å²) in [7, 11) is 1.69. The molecule has 0 spiro atoms. The fraction of sp³-hybridized carbons (Fsp3) is 0.444. The molecule has 0 aliphatic rings. The van der Waals surface area contributed by atoms with E-state index in [0.29, 0.717) is 31.0 Å². The van der Waals surface area contributed by atoms with Crippen molar-refractivity contribution in [1.29, 1.82) is 0 Å². The third-order valence-corrected chi connectivity index (χ3v) is 5.75. The lowest BCUT2D eigenvalue weighted by molar-refractivity contribution is 0.0165. The smallest absolute Gasteiger partial charge is 0.272 e. The van der Waals surface area contributed by atoms with E-state index < -0.39 is 23.3 Å². The number of hydrogen-bond donors (Lipinski definition) is 0. The Hall–Kier alpha value is -3.16. The van der Waals surface area contributed by atoms with Crippen molar-refractivity contribution in [2.75, 3.05) is 20.2 Å². The quantitative estimate of drug-likeness (QED) is 0.344. The van der Waals surface area contributed by atoms with Gasteiger partial charge in [-0.25, -0.2) is 18.2 Å². The molecule has 2 atom stereocenters. The number of alkyl halides is 2. The van der Waals surface area contributed by atoms with Crippen molar-refractivity contribution in [3.8, 4) is 5.88 Å². The largest absolute Gasteiger partial charge is 0.473 e. The molecule has 0 saturated heterocycles. The van der Waals surface area contributed by atoms with E-state index in [-0.39, 0.29) is 18.4 Å². The summed E-state index contributed by atoms with van der Waals surface area (Å²) in [5.41, 5.74) is 1.63. The summed E-state index contributed by atoms with van der Waals surface area (Å²) in [6.07, 6.45) is 5.69. The number of likely N-dealkylation sites (N-methyl/N-ethyl adjacent to an activating group) is 1. The van der Waals surface area contributed by atoms with Crippen LogP contribution in [0.2, 0.25) is 0 Å². The van der Waals surface area contributed by atoms with Gasteiger partial charge in [-0.05, 0) is 43.0 Å². The monoisotopic (exact) mass is 489 g/mol. The van der Waals surface area contributed by atoms with Crippen LogP contribution < -0.4 is 4.74 Å². The Morgan fingerprint density at radius 1 is 1.23 bits per heavy atom. The molecule has 0 radical (unpaired) electrons. The number of nitrogens with zero attached hydrogens (tertiary/aromatic N) is 3. The highest BCUT2D eigenvalue weighted by Crippen LogP contribution is 2.29. The van der Waals surface area contributed by atoms with Crippen molar-refractivity contribution in [2.24, 2.45) is 10.9 Å². The molecule has 1 aromatic carbocycles. The van der Waals surface area contributed by atoms with Gasteiger partial charge in [0.2, 0.25) is 5.88 Å². The highest BCUT2D eigenvalue weighted by Gasteiger charge is 2.27. The third kappa shape index (κ3) is 7.41. The number of hydrogen-bond acceptors (Lipinski definition) is 4. The zero-order valence-electron chi connectivity index (χ0n) is 21.2. The van der Waals surface area contributed by atoms with Crippen LogP contribution in [-0.4, -0.2) is 48.2 Å². The third-order valence-electron chi connectivity index (χ3n) is 5.75. The van der Waals surface area contributed by atoms with Crippen LogP contribution in [0.4, 0.5) is 13.2 Å². The molecule has 190 valence electrons. The van der Waals surface area contributed by atoms with Crippen molar-refractivity contribution in [1.82, 2.24) is 9.88 Å². The lowest BCUT2D eigenvalue weighted by Crippen LogP contribution is -2.42. The first-order valence-electron chi connectivity index (χ1n) is 11.7. The first-order valence-corrected chi connectivity index (χ1v) is 11.7. The van der Waals surface area contributed by atoms with Crippen molar-refractivity contribution in [2.45, 2.75) is 53.0 Å². The average Bonchev–Trinajstić information content (AvgIpc) is 2.82. The maximum atomic E-state index is 14.3. The second kappa shape index (κ2) is 12.5. The van der Waals surface area contributed by atoms with Gasteiger partial charge in [0.05, 0.1) is 6.04 Å². The van der Waals surface area contributed by atoms with Crippen LogP contribution >= 0.6 is 0 Å². The summed E-state index contributed by atoms with van der Waals surface area (Å²) >= 11 is 0. The molecule has 0 aliphatic heterocycles. The molecule has 0 bridgehead atoms. The second-order valence-electron chi connectivity index (χ2n) is 8.59. The number of amides is 1. The summed E-state index contributed by atoms with van der Waals surface area (Å²) in [4.78, 5) is 23.0. The predicted molar refractivity (Wildman–Crippen MR) is 134 cm³/mol. The number of pyridine rings is 1. The van der Waals surface area contributed by atoms with Crippen molar-refractivity contribution < 1.29 is 22.7 Å². The fourth-order valence-electron chi connectivity index (χ4n) is 3.56. The molecular weight excluding hydrogens is 455 g/mol. The van der Waals surface area contributed by atoms with E-state index >= 15 is 0 Å². The molecule has 2 rings (SSSR count). The zero-order chi connectivity index (χ0) is 26.2. The number of rotatable bonds is 11. The van der Waals surface area contributed by atoms with Gasteiger partial charge in [0, 0.05) is 44.1 Å². The normalized spacial score (nSPS) is 14.1. The van der Waals surface area contributed by atoms with Crippen LogP contribution in [0.5, 0.6) is 5.88 Å². The highest BCUT2D eigenvalue weighted by atomic mass is 19.3. The number of carbonyl (C=O) groups excluding carboxylic acids is 1. The Morgan fingerprint density at radius 2 is 1.89 bits per heavy atom. The lowest BCUT2D eigenvalue weighted by Gasteiger charge is -2.29. The molecule has 1 aromatic heterocycles. The van der Waals surface area contributed by atoms with Gasteiger partial charge in [0.1, 0.15) is 6.61 Å². The van der Waals surface area contributed by atoms with Crippen LogP contribution in [-0.2, 0) is 5.92 Å². The van der Waals surface area contributed by atoms with E-state index in [1.54, 1.807) is 37.2 Å². The molecular formula is C27H34F3N3O2. The Morgan fingerprint density at radius 3 is 2.43 bits per heavy atom. The molecule has 0 N–H and O–H groups in total. The number of aliphatic imine (C=N–C) groups is 1. The number of halogens is 3. The molecule has 1 heterocycles. The molecule has 0 unspecified atom stereocenters. The molecule has 1 amide bonds. The van der Waals surface area contributed by atoms with Gasteiger partial charge in [-0.15, -0.1) is 0 Å². The Kier molecular flexibility index (Phi) is 10.0. The highest BCUT2D eigenvalue weighted by molar-refractivity contribution is 6.14. The van der Waals surface area contributed by atoms with Crippen LogP contribution in [0, 0.1) is 11.7 Å². The molecule has 0 saturated carbocycles. The molecule has 35 heavy (non-hydrogen) atoms. The van der Waals surface area contributed by atoms with Gasteiger partial charge in [0.25, 0.3) is 11.8 Å². The Bertz CT molecular complexity index is 1060. The first-order chi connectivity index (χ1) is 16.5. The van der Waals surface area contributed by atoms with Crippen LogP contribution in [0.15, 0.2) is 47.6 Å². The number of allylic oxidation sites excluding steroid dienone is 2. The number of carbonyl (C=O) groups is 1. The summed E-state index contributed by atoms with van der Waals surface area (Å²) in [5.74, 6) is -4.46. The Labute approximate surface area is 205 Å². The second-order valence-corrected chi connectivity index (χ2v) is 8.59. The van der Waals surface area contributed by atoms with Gasteiger partial charge >= 0.3 is 0 Å². The number of aromatic nitrogens is 1. The maximum Gasteiger partial charge on any atom is 0.272 e. The minimum absolute atomic E-state index is 0.0560. The lowest BCUT2D eigenvalue weighted by atomic mass is 9.95. The zero-order valence-corrected chi connectivity index (χ0v) is 21.2. The van der Waals surface area contributed by atoms with E-state index in [9.17, 15) is 18.0 Å². The van der Waals surface area contributed by atoms with E-state index in [2.05, 4.69) is 29.9 Å². The predicted octanol–water partition coefficient (Wildman–Crippen LogP) is 6.39. The molecule has 0 aliphatic carbocycles. The standard InChI is InChI=1S/C27H34F3N3O2/c1-7-18(3)13-20(15-31-6)22-11-9-10-12-23(22)26(34)33(8-2)19(4)17-35-25-24(28)14-21(16-32-25)27(5,29)30/h9-16,18-19H,7-8,17H2,1-6H3/b20-13+,31-15?/t18-,19-/m0/s1. The van der Waals surface area contributed by atoms with Gasteiger partial charge in [-0.1, -0.05) is 44.5 Å². The van der Waals surface area contributed by atoms with Crippen LogP contribution in [0.1, 0.15) is 62.5 Å². The average molecular weight is 490 g/mol. The minimum Gasteiger partial charge on any atom is -0.473 e. The minimum atomic E-state index is -3.21. The summed E-state index contributed by atoms with van der Waals surface area (Å²) in [5, 5.41) is 0. The molecule has 5 nitrogen and oxygen atoms in total. The SMILES string of the molecule is CC[C@H](C)/C=C(\C=NC)c1ccccc1C(=O)N(CC)[C@@H](C)COc1ncc(C(C)(F)F)cc1F. The first kappa shape index (κ1) is 28.1. The topological polar surface area (TPSA) is 54.8 Å². The van der Waals surface area contributed by atoms with Crippen LogP contribution in [0.3, 0.4) is 0 Å². The van der Waals surface area contributed by atoms with E-state index in [1.807, 2.05) is 19.1 Å². The van der Waals surface area contributed by atoms with Gasteiger partial charge < -0.3 is 9.64 Å². The van der Waals surface area contributed by atoms with E-state index in [1.165, 1.54) is 0 Å². The van der Waals surface area contributed by atoms with Gasteiger partial charge in [-0.2, -0.15) is 0 Å². The van der Waals surface area contributed by atoms with Gasteiger partial charge in [-0.3, -0.25) is 9.79 Å². The van der Waals surface area contributed by atoms with Crippen LogP contribution in [0.25, 0.3) is 5.57 Å². The summed E-state index contributed by atoms with van der Waals surface area (Å²) in [6, 6.07) is 7.62.